The quantitative estimate of drug-likeness (QED) is 0.858. The van der Waals surface area contributed by atoms with E-state index in [4.69, 9.17) is 5.73 Å². The molecular formula is C12H20N2OS. The van der Waals surface area contributed by atoms with Gasteiger partial charge >= 0.3 is 0 Å². The van der Waals surface area contributed by atoms with E-state index in [-0.39, 0.29) is 11.4 Å². The second-order valence-electron chi connectivity index (χ2n) is 4.82. The molecule has 0 aliphatic heterocycles. The summed E-state index contributed by atoms with van der Waals surface area (Å²) < 4.78 is 0. The van der Waals surface area contributed by atoms with Gasteiger partial charge in [-0.25, -0.2) is 0 Å². The monoisotopic (exact) mass is 240 g/mol. The largest absolute Gasteiger partial charge is 0.341 e. The van der Waals surface area contributed by atoms with E-state index in [2.05, 4.69) is 0 Å². The number of carbonyl (C=O) groups is 1. The Labute approximate surface area is 101 Å². The molecule has 4 heteroatoms. The maximum Gasteiger partial charge on any atom is 0.222 e. The lowest BCUT2D eigenvalue weighted by Crippen LogP contribution is -2.34. The summed E-state index contributed by atoms with van der Waals surface area (Å²) in [5.41, 5.74) is 5.59. The van der Waals surface area contributed by atoms with Gasteiger partial charge < -0.3 is 10.6 Å². The molecule has 2 N–H and O–H groups in total. The molecule has 16 heavy (non-hydrogen) atoms. The Morgan fingerprint density at radius 1 is 1.56 bits per heavy atom. The Hall–Kier alpha value is -0.870. The summed E-state index contributed by atoms with van der Waals surface area (Å²) in [6.07, 6.45) is 1.24. The molecule has 0 saturated heterocycles. The van der Waals surface area contributed by atoms with Crippen LogP contribution in [-0.2, 0) is 11.3 Å². The number of rotatable bonds is 5. The SMILES string of the molecule is CN(Cc1cccs1)C(=O)CCC(C)(C)N. The molecular weight excluding hydrogens is 220 g/mol. The minimum Gasteiger partial charge on any atom is -0.341 e. The smallest absolute Gasteiger partial charge is 0.222 e. The Kier molecular flexibility index (Phi) is 4.50. The zero-order chi connectivity index (χ0) is 12.2. The molecule has 0 aliphatic carbocycles. The number of thiophene rings is 1. The highest BCUT2D eigenvalue weighted by atomic mass is 32.1. The fourth-order valence-corrected chi connectivity index (χ4v) is 2.10. The van der Waals surface area contributed by atoms with Crippen LogP contribution < -0.4 is 5.73 Å². The number of hydrogen-bond acceptors (Lipinski definition) is 3. The maximum absolute atomic E-state index is 11.8. The van der Waals surface area contributed by atoms with Gasteiger partial charge in [0.05, 0.1) is 6.54 Å². The van der Waals surface area contributed by atoms with E-state index in [1.54, 1.807) is 16.2 Å². The number of amides is 1. The van der Waals surface area contributed by atoms with E-state index < -0.39 is 0 Å². The van der Waals surface area contributed by atoms with Crippen molar-refractivity contribution in [2.45, 2.75) is 38.8 Å². The van der Waals surface area contributed by atoms with Crippen LogP contribution in [0.15, 0.2) is 17.5 Å². The third kappa shape index (κ3) is 4.77. The third-order valence-electron chi connectivity index (χ3n) is 2.38. The van der Waals surface area contributed by atoms with Crippen molar-refractivity contribution in [3.05, 3.63) is 22.4 Å². The third-order valence-corrected chi connectivity index (χ3v) is 3.24. The topological polar surface area (TPSA) is 46.3 Å². The fraction of sp³-hybridized carbons (Fsp3) is 0.583. The molecule has 1 aromatic rings. The molecule has 3 nitrogen and oxygen atoms in total. The standard InChI is InChI=1S/C12H20N2OS/c1-12(2,13)7-6-11(15)14(3)9-10-5-4-8-16-10/h4-5,8H,6-7,9,13H2,1-3H3. The second kappa shape index (κ2) is 5.46. The molecule has 1 rings (SSSR count). The van der Waals surface area contributed by atoms with Gasteiger partial charge in [0.25, 0.3) is 0 Å². The lowest BCUT2D eigenvalue weighted by atomic mass is 10.00. The van der Waals surface area contributed by atoms with E-state index in [0.29, 0.717) is 13.0 Å². The number of hydrogen-bond donors (Lipinski definition) is 1. The van der Waals surface area contributed by atoms with Gasteiger partial charge in [-0.3, -0.25) is 4.79 Å². The summed E-state index contributed by atoms with van der Waals surface area (Å²) in [4.78, 5) is 14.8. The Balaban J connectivity index is 2.37. The highest BCUT2D eigenvalue weighted by Gasteiger charge is 2.15. The van der Waals surface area contributed by atoms with Crippen molar-refractivity contribution in [3.8, 4) is 0 Å². The first kappa shape index (κ1) is 13.2. The van der Waals surface area contributed by atoms with Crippen LogP contribution in [0, 0.1) is 0 Å². The minimum absolute atomic E-state index is 0.159. The first-order valence-corrected chi connectivity index (χ1v) is 6.32. The Morgan fingerprint density at radius 2 is 2.25 bits per heavy atom. The molecule has 0 fully saturated rings. The highest BCUT2D eigenvalue weighted by Crippen LogP contribution is 2.13. The van der Waals surface area contributed by atoms with Gasteiger partial charge in [-0.2, -0.15) is 0 Å². The van der Waals surface area contributed by atoms with Gasteiger partial charge in [-0.15, -0.1) is 11.3 Å². The molecule has 0 saturated carbocycles. The predicted octanol–water partition coefficient (Wildman–Crippen LogP) is 2.22. The van der Waals surface area contributed by atoms with Crippen LogP contribution in [0.3, 0.4) is 0 Å². The predicted molar refractivity (Wildman–Crippen MR) is 68.3 cm³/mol. The molecule has 0 unspecified atom stereocenters. The van der Waals surface area contributed by atoms with Crippen LogP contribution in [0.2, 0.25) is 0 Å². The molecule has 0 bridgehead atoms. The van der Waals surface area contributed by atoms with Gasteiger partial charge in [0.2, 0.25) is 5.91 Å². The number of nitrogens with zero attached hydrogens (tertiary/aromatic N) is 1. The van der Waals surface area contributed by atoms with Gasteiger partial charge in [0, 0.05) is 23.9 Å². The first-order chi connectivity index (χ1) is 7.38. The van der Waals surface area contributed by atoms with Crippen LogP contribution in [0.4, 0.5) is 0 Å². The Morgan fingerprint density at radius 3 is 2.75 bits per heavy atom. The molecule has 0 aliphatic rings. The van der Waals surface area contributed by atoms with E-state index in [1.807, 2.05) is 38.4 Å². The van der Waals surface area contributed by atoms with Crippen molar-refractivity contribution in [2.75, 3.05) is 7.05 Å². The zero-order valence-corrected chi connectivity index (χ0v) is 11.0. The van der Waals surface area contributed by atoms with Crippen molar-refractivity contribution in [1.82, 2.24) is 4.90 Å². The number of nitrogens with two attached hydrogens (primary N) is 1. The lowest BCUT2D eigenvalue weighted by Gasteiger charge is -2.21. The molecule has 1 aromatic heterocycles. The zero-order valence-electron chi connectivity index (χ0n) is 10.2. The number of carbonyl (C=O) groups excluding carboxylic acids is 1. The summed E-state index contributed by atoms with van der Waals surface area (Å²) in [6.45, 7) is 4.58. The molecule has 1 amide bonds. The molecule has 0 radical (unpaired) electrons. The fourth-order valence-electron chi connectivity index (χ4n) is 1.34. The van der Waals surface area contributed by atoms with Gasteiger partial charge in [-0.1, -0.05) is 6.07 Å². The maximum atomic E-state index is 11.8. The van der Waals surface area contributed by atoms with E-state index in [0.717, 1.165) is 6.42 Å². The van der Waals surface area contributed by atoms with Crippen LogP contribution in [0.5, 0.6) is 0 Å². The first-order valence-electron chi connectivity index (χ1n) is 5.44. The van der Waals surface area contributed by atoms with Crippen molar-refractivity contribution in [2.24, 2.45) is 5.73 Å². The highest BCUT2D eigenvalue weighted by molar-refractivity contribution is 7.09. The van der Waals surface area contributed by atoms with Crippen LogP contribution in [0.1, 0.15) is 31.6 Å². The molecule has 0 aromatic carbocycles. The summed E-state index contributed by atoms with van der Waals surface area (Å²) in [7, 11) is 1.84. The van der Waals surface area contributed by atoms with Crippen molar-refractivity contribution in [3.63, 3.8) is 0 Å². The van der Waals surface area contributed by atoms with Crippen molar-refractivity contribution < 1.29 is 4.79 Å². The van der Waals surface area contributed by atoms with Gasteiger partial charge in [0.15, 0.2) is 0 Å². The summed E-state index contributed by atoms with van der Waals surface area (Å²) >= 11 is 1.67. The Bertz CT molecular complexity index is 327. The van der Waals surface area contributed by atoms with Gasteiger partial charge in [-0.05, 0) is 31.7 Å². The van der Waals surface area contributed by atoms with Crippen LogP contribution in [-0.4, -0.2) is 23.4 Å². The lowest BCUT2D eigenvalue weighted by molar-refractivity contribution is -0.130. The summed E-state index contributed by atoms with van der Waals surface area (Å²) in [6, 6.07) is 4.04. The van der Waals surface area contributed by atoms with Gasteiger partial charge in [0.1, 0.15) is 0 Å². The molecule has 90 valence electrons. The molecule has 0 spiro atoms. The average molecular weight is 240 g/mol. The van der Waals surface area contributed by atoms with Crippen molar-refractivity contribution in [1.29, 1.82) is 0 Å². The van der Waals surface area contributed by atoms with Crippen LogP contribution >= 0.6 is 11.3 Å². The van der Waals surface area contributed by atoms with E-state index >= 15 is 0 Å². The average Bonchev–Trinajstić information content (AvgIpc) is 2.65. The normalized spacial score (nSPS) is 11.5. The minimum atomic E-state index is -0.264. The second-order valence-corrected chi connectivity index (χ2v) is 5.85. The van der Waals surface area contributed by atoms with E-state index in [1.165, 1.54) is 4.88 Å². The van der Waals surface area contributed by atoms with E-state index in [9.17, 15) is 4.79 Å². The summed E-state index contributed by atoms with van der Waals surface area (Å²) in [5, 5.41) is 2.02. The molecule has 0 atom stereocenters. The summed E-state index contributed by atoms with van der Waals surface area (Å²) in [5.74, 6) is 0.159. The van der Waals surface area contributed by atoms with Crippen LogP contribution in [0.25, 0.3) is 0 Å². The van der Waals surface area contributed by atoms with Crippen molar-refractivity contribution >= 4 is 17.2 Å². The molecule has 1 heterocycles.